The van der Waals surface area contributed by atoms with E-state index < -0.39 is 0 Å². The number of nitrogens with two attached hydrogens (primary N) is 1. The summed E-state index contributed by atoms with van der Waals surface area (Å²) in [4.78, 5) is 17.8. The number of urea groups is 1. The fourth-order valence-electron chi connectivity index (χ4n) is 2.83. The average molecular weight is 223 g/mol. The van der Waals surface area contributed by atoms with Crippen molar-refractivity contribution < 1.29 is 4.79 Å². The second kappa shape index (κ2) is 3.75. The fourth-order valence-corrected chi connectivity index (χ4v) is 2.83. The summed E-state index contributed by atoms with van der Waals surface area (Å²) in [5.41, 5.74) is 5.75. The summed E-state index contributed by atoms with van der Waals surface area (Å²) in [6.07, 6.45) is 3.23. The lowest BCUT2D eigenvalue weighted by molar-refractivity contribution is 0.143. The third-order valence-corrected chi connectivity index (χ3v) is 3.71. The van der Waals surface area contributed by atoms with Crippen LogP contribution in [0.2, 0.25) is 0 Å². The molecule has 0 radical (unpaired) electrons. The minimum atomic E-state index is -0.263. The van der Waals surface area contributed by atoms with Gasteiger partial charge in [-0.15, -0.1) is 0 Å². The molecule has 1 aliphatic carbocycles. The molecule has 0 aromatic rings. The summed E-state index contributed by atoms with van der Waals surface area (Å²) in [6.45, 7) is 7.10. The molecule has 1 fully saturated rings. The summed E-state index contributed by atoms with van der Waals surface area (Å²) >= 11 is 0. The first-order valence-electron chi connectivity index (χ1n) is 6.18. The summed E-state index contributed by atoms with van der Waals surface area (Å²) in [7, 11) is 0. The van der Waals surface area contributed by atoms with E-state index in [-0.39, 0.29) is 11.6 Å². The van der Waals surface area contributed by atoms with Crippen molar-refractivity contribution in [3.63, 3.8) is 0 Å². The quantitative estimate of drug-likeness (QED) is 0.792. The predicted molar refractivity (Wildman–Crippen MR) is 64.3 cm³/mol. The lowest BCUT2D eigenvalue weighted by atomic mass is 9.87. The maximum absolute atomic E-state index is 11.9. The number of hydrogen-bond acceptors (Lipinski definition) is 2. The summed E-state index contributed by atoms with van der Waals surface area (Å²) in [6, 6.07) is -0.139. The number of carbonyl (C=O) groups excluding carboxylic acids is 1. The molecule has 2 amide bonds. The third-order valence-electron chi connectivity index (χ3n) is 3.71. The second-order valence-corrected chi connectivity index (χ2v) is 5.34. The summed E-state index contributed by atoms with van der Waals surface area (Å²) in [5.74, 6) is 1.53. The molecule has 4 heteroatoms. The number of rotatable bonds is 4. The van der Waals surface area contributed by atoms with Crippen LogP contribution in [-0.2, 0) is 0 Å². The van der Waals surface area contributed by atoms with Gasteiger partial charge in [0.15, 0.2) is 0 Å². The second-order valence-electron chi connectivity index (χ2n) is 5.34. The standard InChI is InChI=1S/C12H21N3O/c1-4-12(9-5-6-9)10(13)14-11(16)15(12)7-8(2)3/h8-9H,4-7H2,1-3H3,(H2,13,14,16). The largest absolute Gasteiger partial charge is 0.385 e. The maximum Gasteiger partial charge on any atom is 0.346 e. The third kappa shape index (κ3) is 1.51. The highest BCUT2D eigenvalue weighted by Crippen LogP contribution is 2.47. The minimum Gasteiger partial charge on any atom is -0.385 e. The molecule has 1 heterocycles. The van der Waals surface area contributed by atoms with Crippen LogP contribution in [0.1, 0.15) is 40.0 Å². The Balaban J connectivity index is 2.30. The van der Waals surface area contributed by atoms with Gasteiger partial charge in [0, 0.05) is 6.54 Å². The van der Waals surface area contributed by atoms with Crippen LogP contribution in [0.15, 0.2) is 4.99 Å². The minimum absolute atomic E-state index is 0.139. The Morgan fingerprint density at radius 3 is 2.62 bits per heavy atom. The van der Waals surface area contributed by atoms with Crippen LogP contribution in [0, 0.1) is 11.8 Å². The van der Waals surface area contributed by atoms with Crippen molar-refractivity contribution in [3.8, 4) is 0 Å². The van der Waals surface area contributed by atoms with Crippen LogP contribution < -0.4 is 5.73 Å². The molecule has 0 aromatic heterocycles. The molecule has 0 aromatic carbocycles. The van der Waals surface area contributed by atoms with E-state index in [0.717, 1.165) is 13.0 Å². The molecule has 1 saturated carbocycles. The summed E-state index contributed by atoms with van der Waals surface area (Å²) in [5, 5.41) is 0. The normalized spacial score (nSPS) is 30.1. The number of aliphatic imine (C=N–C) groups is 1. The molecule has 90 valence electrons. The van der Waals surface area contributed by atoms with E-state index >= 15 is 0 Å². The zero-order chi connectivity index (χ0) is 11.9. The van der Waals surface area contributed by atoms with Crippen LogP contribution in [-0.4, -0.2) is 28.9 Å². The van der Waals surface area contributed by atoms with Crippen LogP contribution in [0.25, 0.3) is 0 Å². The van der Waals surface area contributed by atoms with E-state index in [1.54, 1.807) is 0 Å². The molecule has 2 rings (SSSR count). The molecule has 2 aliphatic rings. The Labute approximate surface area is 96.9 Å². The van der Waals surface area contributed by atoms with Crippen molar-refractivity contribution in [1.82, 2.24) is 4.90 Å². The van der Waals surface area contributed by atoms with E-state index in [1.165, 1.54) is 12.8 Å². The lowest BCUT2D eigenvalue weighted by Gasteiger charge is -2.38. The molecular weight excluding hydrogens is 202 g/mol. The highest BCUT2D eigenvalue weighted by Gasteiger charge is 2.56. The average Bonchev–Trinajstić information content (AvgIpc) is 2.98. The molecule has 16 heavy (non-hydrogen) atoms. The Morgan fingerprint density at radius 1 is 1.56 bits per heavy atom. The molecule has 2 N–H and O–H groups in total. The first-order chi connectivity index (χ1) is 7.52. The van der Waals surface area contributed by atoms with Gasteiger partial charge in [0.25, 0.3) is 0 Å². The van der Waals surface area contributed by atoms with Crippen molar-refractivity contribution in [2.75, 3.05) is 6.54 Å². The van der Waals surface area contributed by atoms with Gasteiger partial charge in [0.2, 0.25) is 0 Å². The van der Waals surface area contributed by atoms with Crippen molar-refractivity contribution in [3.05, 3.63) is 0 Å². The van der Waals surface area contributed by atoms with Crippen LogP contribution >= 0.6 is 0 Å². The molecular formula is C12H21N3O. The van der Waals surface area contributed by atoms with Gasteiger partial charge in [0.1, 0.15) is 11.4 Å². The monoisotopic (exact) mass is 223 g/mol. The van der Waals surface area contributed by atoms with Crippen molar-refractivity contribution in [2.45, 2.75) is 45.6 Å². The highest BCUT2D eigenvalue weighted by molar-refractivity contribution is 6.06. The van der Waals surface area contributed by atoms with Gasteiger partial charge in [-0.3, -0.25) is 0 Å². The first kappa shape index (κ1) is 11.4. The van der Waals surface area contributed by atoms with Crippen LogP contribution in [0.5, 0.6) is 0 Å². The highest BCUT2D eigenvalue weighted by atomic mass is 16.2. The lowest BCUT2D eigenvalue weighted by Crippen LogP contribution is -2.56. The molecule has 1 aliphatic heterocycles. The number of hydrogen-bond donors (Lipinski definition) is 1. The molecule has 1 atom stereocenters. The van der Waals surface area contributed by atoms with Gasteiger partial charge in [-0.25, -0.2) is 4.79 Å². The van der Waals surface area contributed by atoms with Gasteiger partial charge in [0.05, 0.1) is 0 Å². The van der Waals surface area contributed by atoms with Gasteiger partial charge in [-0.05, 0) is 31.1 Å². The van der Waals surface area contributed by atoms with Gasteiger partial charge in [-0.1, -0.05) is 20.8 Å². The zero-order valence-electron chi connectivity index (χ0n) is 10.4. The van der Waals surface area contributed by atoms with E-state index in [9.17, 15) is 4.79 Å². The smallest absolute Gasteiger partial charge is 0.346 e. The Bertz CT molecular complexity index is 333. The summed E-state index contributed by atoms with van der Waals surface area (Å²) < 4.78 is 0. The number of nitrogens with zero attached hydrogens (tertiary/aromatic N) is 2. The van der Waals surface area contributed by atoms with Crippen molar-refractivity contribution >= 4 is 11.9 Å². The Morgan fingerprint density at radius 2 is 2.19 bits per heavy atom. The SMILES string of the molecule is CCC1(C2CC2)C(N)=NC(=O)N1CC(C)C. The van der Waals surface area contributed by atoms with Gasteiger partial charge < -0.3 is 10.6 Å². The Kier molecular flexibility index (Phi) is 2.68. The molecule has 4 nitrogen and oxygen atoms in total. The molecule has 0 spiro atoms. The maximum atomic E-state index is 11.9. The van der Waals surface area contributed by atoms with E-state index in [2.05, 4.69) is 25.8 Å². The molecule has 1 unspecified atom stereocenters. The number of amidine groups is 1. The zero-order valence-corrected chi connectivity index (χ0v) is 10.4. The number of amides is 2. The van der Waals surface area contributed by atoms with E-state index in [4.69, 9.17) is 5.73 Å². The van der Waals surface area contributed by atoms with Gasteiger partial charge >= 0.3 is 6.03 Å². The topological polar surface area (TPSA) is 58.7 Å². The van der Waals surface area contributed by atoms with E-state index in [0.29, 0.717) is 17.7 Å². The van der Waals surface area contributed by atoms with E-state index in [1.807, 2.05) is 4.90 Å². The number of carbonyl (C=O) groups is 1. The predicted octanol–water partition coefficient (Wildman–Crippen LogP) is 1.99. The van der Waals surface area contributed by atoms with Crippen molar-refractivity contribution in [1.29, 1.82) is 0 Å². The van der Waals surface area contributed by atoms with Gasteiger partial charge in [-0.2, -0.15) is 4.99 Å². The van der Waals surface area contributed by atoms with Crippen molar-refractivity contribution in [2.24, 2.45) is 22.6 Å². The molecule has 0 saturated heterocycles. The van der Waals surface area contributed by atoms with Crippen LogP contribution in [0.3, 0.4) is 0 Å². The molecule has 0 bridgehead atoms. The Hall–Kier alpha value is -1.06. The first-order valence-corrected chi connectivity index (χ1v) is 6.18. The fraction of sp³-hybridized carbons (Fsp3) is 0.833. The van der Waals surface area contributed by atoms with Crippen LogP contribution in [0.4, 0.5) is 4.79 Å².